The number of hydrogen-bond acceptors (Lipinski definition) is 2. The van der Waals surface area contributed by atoms with Gasteiger partial charge >= 0.3 is 0 Å². The highest BCUT2D eigenvalue weighted by molar-refractivity contribution is 7.80. The van der Waals surface area contributed by atoms with Gasteiger partial charge in [-0.3, -0.25) is 0 Å². The van der Waals surface area contributed by atoms with Gasteiger partial charge < -0.3 is 10.5 Å². The monoisotopic (exact) mass is 257 g/mol. The van der Waals surface area contributed by atoms with Gasteiger partial charge in [-0.1, -0.05) is 36.8 Å². The molecule has 0 heterocycles. The van der Waals surface area contributed by atoms with E-state index in [9.17, 15) is 0 Å². The Bertz CT molecular complexity index is 381. The van der Waals surface area contributed by atoms with Crippen LogP contribution in [-0.4, -0.2) is 11.1 Å². The summed E-state index contributed by atoms with van der Waals surface area (Å²) in [7, 11) is 0. The summed E-state index contributed by atoms with van der Waals surface area (Å²) in [4.78, 5) is 0.468. The van der Waals surface area contributed by atoms with Gasteiger partial charge in [0.15, 0.2) is 0 Å². The van der Waals surface area contributed by atoms with E-state index in [1.165, 1.54) is 0 Å². The summed E-state index contributed by atoms with van der Waals surface area (Å²) in [6.45, 7) is 4.03. The lowest BCUT2D eigenvalue weighted by atomic mass is 10.2. The van der Waals surface area contributed by atoms with Crippen molar-refractivity contribution >= 4 is 28.8 Å². The SMILES string of the molecule is CCC(CC(N)=S)Oc1cc(C)ccc1Cl. The number of halogens is 1. The molecule has 0 fully saturated rings. The van der Waals surface area contributed by atoms with Crippen molar-refractivity contribution in [3.05, 3.63) is 28.8 Å². The molecule has 88 valence electrons. The Labute approximate surface area is 107 Å². The Hall–Kier alpha value is -0.800. The fourth-order valence-electron chi connectivity index (χ4n) is 1.37. The van der Waals surface area contributed by atoms with Gasteiger partial charge in [0.25, 0.3) is 0 Å². The molecular formula is C12H16ClNOS. The molecule has 1 atom stereocenters. The quantitative estimate of drug-likeness (QED) is 0.821. The standard InChI is InChI=1S/C12H16ClNOS/c1-3-9(7-12(14)16)15-11-6-8(2)4-5-10(11)13/h4-6,9H,3,7H2,1-2H3,(H2,14,16). The number of benzene rings is 1. The Balaban J connectivity index is 2.77. The summed E-state index contributed by atoms with van der Waals surface area (Å²) in [6, 6.07) is 5.70. The lowest BCUT2D eigenvalue weighted by Crippen LogP contribution is -2.23. The molecule has 0 saturated heterocycles. The maximum Gasteiger partial charge on any atom is 0.138 e. The van der Waals surface area contributed by atoms with Crippen LogP contribution < -0.4 is 10.5 Å². The average molecular weight is 258 g/mol. The molecule has 0 bridgehead atoms. The summed E-state index contributed by atoms with van der Waals surface area (Å²) in [5.41, 5.74) is 6.62. The van der Waals surface area contributed by atoms with Crippen LogP contribution in [0.5, 0.6) is 5.75 Å². The van der Waals surface area contributed by atoms with Crippen LogP contribution in [0.25, 0.3) is 0 Å². The summed E-state index contributed by atoms with van der Waals surface area (Å²) in [5, 5.41) is 0.618. The third-order valence-electron chi connectivity index (χ3n) is 2.26. The number of rotatable bonds is 5. The van der Waals surface area contributed by atoms with Gasteiger partial charge in [-0.25, -0.2) is 0 Å². The molecular weight excluding hydrogens is 242 g/mol. The predicted molar refractivity (Wildman–Crippen MR) is 72.3 cm³/mol. The third-order valence-corrected chi connectivity index (χ3v) is 2.74. The first-order valence-corrected chi connectivity index (χ1v) is 6.02. The van der Waals surface area contributed by atoms with Crippen molar-refractivity contribution in [2.75, 3.05) is 0 Å². The maximum absolute atomic E-state index is 6.04. The molecule has 0 aliphatic rings. The Kier molecular flexibility index (Phi) is 5.03. The lowest BCUT2D eigenvalue weighted by Gasteiger charge is -2.18. The van der Waals surface area contributed by atoms with Crippen LogP contribution in [0.4, 0.5) is 0 Å². The second-order valence-corrected chi connectivity index (χ2v) is 4.68. The number of aryl methyl sites for hydroxylation is 1. The van der Waals surface area contributed by atoms with E-state index in [1.54, 1.807) is 0 Å². The van der Waals surface area contributed by atoms with Crippen LogP contribution in [0.1, 0.15) is 25.3 Å². The fraction of sp³-hybridized carbons (Fsp3) is 0.417. The maximum atomic E-state index is 6.04. The van der Waals surface area contributed by atoms with Crippen LogP contribution in [0, 0.1) is 6.92 Å². The summed E-state index contributed by atoms with van der Waals surface area (Å²) in [5.74, 6) is 0.699. The topological polar surface area (TPSA) is 35.2 Å². The Morgan fingerprint density at radius 2 is 2.25 bits per heavy atom. The zero-order chi connectivity index (χ0) is 12.1. The van der Waals surface area contributed by atoms with Crippen LogP contribution in [0.3, 0.4) is 0 Å². The molecule has 1 aromatic rings. The van der Waals surface area contributed by atoms with Crippen LogP contribution in [-0.2, 0) is 0 Å². The van der Waals surface area contributed by atoms with Gasteiger partial charge in [-0.2, -0.15) is 0 Å². The van der Waals surface area contributed by atoms with Crippen LogP contribution in [0.2, 0.25) is 5.02 Å². The van der Waals surface area contributed by atoms with Gasteiger partial charge in [0.2, 0.25) is 0 Å². The highest BCUT2D eigenvalue weighted by Crippen LogP contribution is 2.27. The first-order valence-electron chi connectivity index (χ1n) is 5.24. The second kappa shape index (κ2) is 6.06. The number of hydrogen-bond donors (Lipinski definition) is 1. The largest absolute Gasteiger partial charge is 0.488 e. The summed E-state index contributed by atoms with van der Waals surface area (Å²) in [6.07, 6.45) is 1.43. The second-order valence-electron chi connectivity index (χ2n) is 3.75. The molecule has 0 aromatic heterocycles. The molecule has 0 amide bonds. The molecule has 0 radical (unpaired) electrons. The van der Waals surface area contributed by atoms with Crippen molar-refractivity contribution in [3.63, 3.8) is 0 Å². The van der Waals surface area contributed by atoms with E-state index < -0.39 is 0 Å². The summed E-state index contributed by atoms with van der Waals surface area (Å²) < 4.78 is 5.79. The minimum Gasteiger partial charge on any atom is -0.488 e. The molecule has 4 heteroatoms. The molecule has 0 aliphatic carbocycles. The van der Waals surface area contributed by atoms with Gasteiger partial charge in [0.1, 0.15) is 11.9 Å². The zero-order valence-electron chi connectivity index (χ0n) is 9.50. The molecule has 1 unspecified atom stereocenters. The van der Waals surface area contributed by atoms with Gasteiger partial charge in [-0.05, 0) is 31.0 Å². The Morgan fingerprint density at radius 1 is 1.56 bits per heavy atom. The lowest BCUT2D eigenvalue weighted by molar-refractivity contribution is 0.205. The number of thiocarbonyl (C=S) groups is 1. The Morgan fingerprint density at radius 3 is 2.81 bits per heavy atom. The number of ether oxygens (including phenoxy) is 1. The highest BCUT2D eigenvalue weighted by Gasteiger charge is 2.11. The molecule has 16 heavy (non-hydrogen) atoms. The minimum absolute atomic E-state index is 0.00296. The fourth-order valence-corrected chi connectivity index (χ4v) is 1.72. The summed E-state index contributed by atoms with van der Waals surface area (Å²) >= 11 is 10.9. The van der Waals surface area contributed by atoms with Gasteiger partial charge in [0, 0.05) is 6.42 Å². The van der Waals surface area contributed by atoms with Crippen molar-refractivity contribution in [3.8, 4) is 5.75 Å². The number of nitrogens with two attached hydrogens (primary N) is 1. The minimum atomic E-state index is -0.00296. The van der Waals surface area contributed by atoms with Crippen molar-refractivity contribution in [2.45, 2.75) is 32.8 Å². The first kappa shape index (κ1) is 13.3. The molecule has 1 rings (SSSR count). The predicted octanol–water partition coefficient (Wildman–Crippen LogP) is 3.48. The van der Waals surface area contributed by atoms with Gasteiger partial charge in [-0.15, -0.1) is 0 Å². The molecule has 0 aliphatic heterocycles. The van der Waals surface area contributed by atoms with E-state index in [-0.39, 0.29) is 6.10 Å². The third kappa shape index (κ3) is 3.99. The van der Waals surface area contributed by atoms with E-state index in [2.05, 4.69) is 0 Å². The smallest absolute Gasteiger partial charge is 0.138 e. The molecule has 2 nitrogen and oxygen atoms in total. The molecule has 0 saturated carbocycles. The van der Waals surface area contributed by atoms with Gasteiger partial charge in [0.05, 0.1) is 10.0 Å². The van der Waals surface area contributed by atoms with E-state index in [4.69, 9.17) is 34.3 Å². The van der Waals surface area contributed by atoms with E-state index in [1.807, 2.05) is 32.0 Å². The van der Waals surface area contributed by atoms with Crippen molar-refractivity contribution in [1.29, 1.82) is 0 Å². The van der Waals surface area contributed by atoms with E-state index >= 15 is 0 Å². The first-order chi connectivity index (χ1) is 7.52. The molecule has 2 N–H and O–H groups in total. The highest BCUT2D eigenvalue weighted by atomic mass is 35.5. The average Bonchev–Trinajstić information content (AvgIpc) is 2.21. The molecule has 1 aromatic carbocycles. The van der Waals surface area contributed by atoms with Crippen molar-refractivity contribution < 1.29 is 4.74 Å². The van der Waals surface area contributed by atoms with Crippen LogP contribution >= 0.6 is 23.8 Å². The van der Waals surface area contributed by atoms with Crippen molar-refractivity contribution in [1.82, 2.24) is 0 Å². The van der Waals surface area contributed by atoms with Crippen LogP contribution in [0.15, 0.2) is 18.2 Å². The normalized spacial score (nSPS) is 12.2. The van der Waals surface area contributed by atoms with Crippen molar-refractivity contribution in [2.24, 2.45) is 5.73 Å². The molecule has 0 spiro atoms. The van der Waals surface area contributed by atoms with E-state index in [0.29, 0.717) is 22.2 Å². The van der Waals surface area contributed by atoms with E-state index in [0.717, 1.165) is 12.0 Å². The zero-order valence-corrected chi connectivity index (χ0v) is 11.1.